The molecule has 1 fully saturated rings. The molecule has 9 heteroatoms. The van der Waals surface area contributed by atoms with Crippen LogP contribution in [0.1, 0.15) is 46.3 Å². The summed E-state index contributed by atoms with van der Waals surface area (Å²) in [7, 11) is 0. The van der Waals surface area contributed by atoms with E-state index in [-0.39, 0.29) is 37.4 Å². The third-order valence-electron chi connectivity index (χ3n) is 4.35. The minimum Gasteiger partial charge on any atom is -0.454 e. The summed E-state index contributed by atoms with van der Waals surface area (Å²) >= 11 is 0. The molecule has 4 rings (SSSR count). The molecule has 0 spiro atoms. The fourth-order valence-corrected chi connectivity index (χ4v) is 2.79. The van der Waals surface area contributed by atoms with E-state index in [4.69, 9.17) is 9.47 Å². The number of carbonyl (C=O) groups excluding carboxylic acids is 1. The Morgan fingerprint density at radius 1 is 1.15 bits per heavy atom. The van der Waals surface area contributed by atoms with Crippen LogP contribution in [0.25, 0.3) is 0 Å². The van der Waals surface area contributed by atoms with Gasteiger partial charge in [-0.05, 0) is 37.1 Å². The highest BCUT2D eigenvalue weighted by Gasteiger charge is 2.35. The van der Waals surface area contributed by atoms with Gasteiger partial charge in [-0.3, -0.25) is 4.79 Å². The number of rotatable bonds is 5. The molecule has 6 nitrogen and oxygen atoms in total. The van der Waals surface area contributed by atoms with Crippen LogP contribution in [0.2, 0.25) is 0 Å². The third kappa shape index (κ3) is 3.96. The second kappa shape index (κ2) is 6.71. The van der Waals surface area contributed by atoms with Gasteiger partial charge in [-0.1, -0.05) is 0 Å². The minimum absolute atomic E-state index is 0.0797. The summed E-state index contributed by atoms with van der Waals surface area (Å²) in [5.41, 5.74) is -0.131. The predicted molar refractivity (Wildman–Crippen MR) is 87.6 cm³/mol. The highest BCUT2D eigenvalue weighted by molar-refractivity contribution is 5.94. The number of alkyl halides is 3. The molecule has 1 N–H and O–H groups in total. The molecule has 1 aliphatic carbocycles. The van der Waals surface area contributed by atoms with Gasteiger partial charge >= 0.3 is 6.18 Å². The molecule has 2 heterocycles. The van der Waals surface area contributed by atoms with Crippen molar-refractivity contribution in [2.45, 2.75) is 31.4 Å². The summed E-state index contributed by atoms with van der Waals surface area (Å²) in [4.78, 5) is 20.1. The molecule has 0 unspecified atom stereocenters. The number of hydrogen-bond acceptors (Lipinski definition) is 5. The van der Waals surface area contributed by atoms with E-state index in [2.05, 4.69) is 15.3 Å². The van der Waals surface area contributed by atoms with Crippen molar-refractivity contribution in [3.63, 3.8) is 0 Å². The molecule has 27 heavy (non-hydrogen) atoms. The van der Waals surface area contributed by atoms with Gasteiger partial charge in [0.2, 0.25) is 6.79 Å². The zero-order valence-corrected chi connectivity index (χ0v) is 14.2. The Hall–Kier alpha value is -2.84. The van der Waals surface area contributed by atoms with Crippen LogP contribution in [0.4, 0.5) is 13.2 Å². The average molecular weight is 379 g/mol. The van der Waals surface area contributed by atoms with Crippen LogP contribution in [-0.4, -0.2) is 29.2 Å². The lowest BCUT2D eigenvalue weighted by atomic mass is 10.2. The summed E-state index contributed by atoms with van der Waals surface area (Å²) < 4.78 is 49.5. The summed E-state index contributed by atoms with van der Waals surface area (Å²) in [5, 5.41) is 2.66. The van der Waals surface area contributed by atoms with Gasteiger partial charge in [-0.15, -0.1) is 0 Å². The van der Waals surface area contributed by atoms with Crippen LogP contribution in [0.5, 0.6) is 11.5 Å². The zero-order chi connectivity index (χ0) is 19.0. The van der Waals surface area contributed by atoms with Crippen molar-refractivity contribution in [2.24, 2.45) is 0 Å². The van der Waals surface area contributed by atoms with Gasteiger partial charge < -0.3 is 14.8 Å². The van der Waals surface area contributed by atoms with Gasteiger partial charge in [-0.2, -0.15) is 13.2 Å². The molecule has 1 aliphatic heterocycles. The lowest BCUT2D eigenvalue weighted by molar-refractivity contribution is -0.141. The monoisotopic (exact) mass is 379 g/mol. The Labute approximate surface area is 152 Å². The van der Waals surface area contributed by atoms with Gasteiger partial charge in [0.15, 0.2) is 11.5 Å². The summed E-state index contributed by atoms with van der Waals surface area (Å²) in [6, 6.07) is 5.81. The maximum Gasteiger partial charge on any atom is 0.433 e. The largest absolute Gasteiger partial charge is 0.454 e. The molecule has 142 valence electrons. The fourth-order valence-electron chi connectivity index (χ4n) is 2.79. The van der Waals surface area contributed by atoms with E-state index < -0.39 is 11.9 Å². The number of nitrogens with one attached hydrogen (secondary N) is 1. The van der Waals surface area contributed by atoms with Crippen molar-refractivity contribution >= 4 is 5.91 Å². The van der Waals surface area contributed by atoms with Crippen molar-refractivity contribution in [1.29, 1.82) is 0 Å². The third-order valence-corrected chi connectivity index (χ3v) is 4.35. The summed E-state index contributed by atoms with van der Waals surface area (Å²) in [6.45, 7) is 0.231. The van der Waals surface area contributed by atoms with Gasteiger partial charge in [-0.25, -0.2) is 9.97 Å². The Morgan fingerprint density at radius 2 is 1.93 bits per heavy atom. The van der Waals surface area contributed by atoms with E-state index in [1.807, 2.05) is 0 Å². The maximum atomic E-state index is 13.0. The smallest absolute Gasteiger partial charge is 0.433 e. The summed E-state index contributed by atoms with van der Waals surface area (Å²) in [5.74, 6) is 0.853. The number of aromatic nitrogens is 2. The molecule has 1 amide bonds. The van der Waals surface area contributed by atoms with Gasteiger partial charge in [0.1, 0.15) is 11.5 Å². The van der Waals surface area contributed by atoms with E-state index in [9.17, 15) is 18.0 Å². The molecule has 0 bridgehead atoms. The minimum atomic E-state index is -4.52. The second-order valence-corrected chi connectivity index (χ2v) is 6.44. The standard InChI is InChI=1S/C18H16F3N3O3/c19-18(20,21)15-8-12(10-1-2-10)23-16(24-15)5-6-22-17(25)11-3-4-13-14(7-11)27-9-26-13/h3-4,7-8,10H,1-2,5-6,9H2,(H,22,25). The van der Waals surface area contributed by atoms with E-state index in [1.165, 1.54) is 0 Å². The lowest BCUT2D eigenvalue weighted by Crippen LogP contribution is -2.26. The van der Waals surface area contributed by atoms with Crippen LogP contribution in [0.3, 0.4) is 0 Å². The number of hydrogen-bond donors (Lipinski definition) is 1. The van der Waals surface area contributed by atoms with E-state index in [0.29, 0.717) is 22.8 Å². The Bertz CT molecular complexity index is 882. The number of ether oxygens (including phenoxy) is 2. The average Bonchev–Trinajstić information content (AvgIpc) is 3.38. The fraction of sp³-hybridized carbons (Fsp3) is 0.389. The molecule has 2 aliphatic rings. The first kappa shape index (κ1) is 17.6. The Morgan fingerprint density at radius 3 is 2.67 bits per heavy atom. The van der Waals surface area contributed by atoms with Gasteiger partial charge in [0, 0.05) is 30.1 Å². The zero-order valence-electron chi connectivity index (χ0n) is 14.2. The first-order valence-electron chi connectivity index (χ1n) is 8.53. The van der Waals surface area contributed by atoms with Crippen LogP contribution in [0.15, 0.2) is 24.3 Å². The topological polar surface area (TPSA) is 73.3 Å². The molecular formula is C18H16F3N3O3. The molecule has 0 atom stereocenters. The molecule has 1 aromatic carbocycles. The number of benzene rings is 1. The van der Waals surface area contributed by atoms with Crippen LogP contribution < -0.4 is 14.8 Å². The van der Waals surface area contributed by atoms with Gasteiger partial charge in [0.05, 0.1) is 0 Å². The van der Waals surface area contributed by atoms with Crippen LogP contribution >= 0.6 is 0 Å². The lowest BCUT2D eigenvalue weighted by Gasteiger charge is -2.11. The maximum absolute atomic E-state index is 13.0. The van der Waals surface area contributed by atoms with Crippen molar-refractivity contribution in [3.8, 4) is 11.5 Å². The van der Waals surface area contributed by atoms with Crippen molar-refractivity contribution in [1.82, 2.24) is 15.3 Å². The number of halogens is 3. The van der Waals surface area contributed by atoms with Gasteiger partial charge in [0.25, 0.3) is 5.91 Å². The van der Waals surface area contributed by atoms with Crippen LogP contribution in [0, 0.1) is 0 Å². The van der Waals surface area contributed by atoms with Crippen molar-refractivity contribution in [3.05, 3.63) is 47.0 Å². The quantitative estimate of drug-likeness (QED) is 0.864. The van der Waals surface area contributed by atoms with Crippen LogP contribution in [-0.2, 0) is 12.6 Å². The first-order valence-corrected chi connectivity index (χ1v) is 8.53. The van der Waals surface area contributed by atoms with Crippen molar-refractivity contribution < 1.29 is 27.4 Å². The first-order chi connectivity index (χ1) is 12.9. The molecule has 1 aromatic heterocycles. The number of carbonyl (C=O) groups is 1. The molecular weight excluding hydrogens is 363 g/mol. The number of amides is 1. The highest BCUT2D eigenvalue weighted by atomic mass is 19.4. The molecule has 0 radical (unpaired) electrons. The predicted octanol–water partition coefficient (Wildman–Crippen LogP) is 3.07. The highest BCUT2D eigenvalue weighted by Crippen LogP contribution is 2.40. The number of nitrogens with zero attached hydrogens (tertiary/aromatic N) is 2. The molecule has 0 saturated heterocycles. The normalized spacial score (nSPS) is 15.7. The SMILES string of the molecule is O=C(NCCc1nc(C2CC2)cc(C(F)(F)F)n1)c1ccc2c(c1)OCO2. The van der Waals surface area contributed by atoms with E-state index in [1.54, 1.807) is 18.2 Å². The summed E-state index contributed by atoms with van der Waals surface area (Å²) in [6.07, 6.45) is -2.72. The molecule has 1 saturated carbocycles. The van der Waals surface area contributed by atoms with Crippen molar-refractivity contribution in [2.75, 3.05) is 13.3 Å². The number of fused-ring (bicyclic) bond motifs is 1. The van der Waals surface area contributed by atoms with E-state index >= 15 is 0 Å². The molecule has 2 aromatic rings. The Kier molecular flexibility index (Phi) is 4.37. The Balaban J connectivity index is 1.41. The van der Waals surface area contributed by atoms with E-state index in [0.717, 1.165) is 18.9 Å². The second-order valence-electron chi connectivity index (χ2n) is 6.44.